The van der Waals surface area contributed by atoms with Gasteiger partial charge in [0, 0.05) is 17.1 Å². The second-order valence-electron chi connectivity index (χ2n) is 4.49. The molecule has 7 heteroatoms. The number of nitro groups is 1. The minimum Gasteiger partial charge on any atom is -0.478 e. The fourth-order valence-electron chi connectivity index (χ4n) is 2.27. The number of para-hydroxylation sites is 1. The van der Waals surface area contributed by atoms with Crippen LogP contribution in [0.1, 0.15) is 16.1 Å². The molecular weight excluding hydrogens is 276 g/mol. The highest BCUT2D eigenvalue weighted by molar-refractivity contribution is 6.03. The van der Waals surface area contributed by atoms with E-state index < -0.39 is 10.9 Å². The van der Waals surface area contributed by atoms with E-state index in [1.54, 1.807) is 28.8 Å². The molecule has 0 spiro atoms. The lowest BCUT2D eigenvalue weighted by molar-refractivity contribution is -0.402. The Morgan fingerprint density at radius 3 is 2.71 bits per heavy atom. The maximum absolute atomic E-state index is 11.2. The number of aromatic nitrogens is 1. The first-order valence-electron chi connectivity index (χ1n) is 6.10. The number of aromatic carboxylic acids is 1. The summed E-state index contributed by atoms with van der Waals surface area (Å²) >= 11 is 0. The van der Waals surface area contributed by atoms with Crippen molar-refractivity contribution in [3.63, 3.8) is 0 Å². The molecule has 1 N–H and O–H groups in total. The van der Waals surface area contributed by atoms with Crippen LogP contribution in [0, 0.1) is 10.1 Å². The van der Waals surface area contributed by atoms with Crippen molar-refractivity contribution in [3.8, 4) is 0 Å². The van der Waals surface area contributed by atoms with Crippen LogP contribution in [0.25, 0.3) is 10.9 Å². The molecule has 0 atom stereocenters. The van der Waals surface area contributed by atoms with Crippen LogP contribution in [-0.4, -0.2) is 20.6 Å². The zero-order chi connectivity index (χ0) is 15.0. The van der Waals surface area contributed by atoms with E-state index in [9.17, 15) is 20.0 Å². The van der Waals surface area contributed by atoms with Crippen molar-refractivity contribution in [1.82, 2.24) is 4.57 Å². The predicted molar refractivity (Wildman–Crippen MR) is 73.4 cm³/mol. The van der Waals surface area contributed by atoms with Gasteiger partial charge in [0.2, 0.25) is 0 Å². The maximum atomic E-state index is 11.2. The summed E-state index contributed by atoms with van der Waals surface area (Å²) < 4.78 is 6.80. The molecule has 0 saturated heterocycles. The van der Waals surface area contributed by atoms with Crippen LogP contribution < -0.4 is 0 Å². The zero-order valence-electron chi connectivity index (χ0n) is 10.7. The highest BCUT2D eigenvalue weighted by atomic mass is 16.6. The molecule has 3 aromatic rings. The van der Waals surface area contributed by atoms with Gasteiger partial charge in [0.05, 0.1) is 18.2 Å². The molecule has 0 bridgehead atoms. The molecule has 2 aromatic heterocycles. The molecule has 7 nitrogen and oxygen atoms in total. The van der Waals surface area contributed by atoms with Crippen LogP contribution in [0.15, 0.2) is 47.0 Å². The summed E-state index contributed by atoms with van der Waals surface area (Å²) in [4.78, 5) is 21.2. The van der Waals surface area contributed by atoms with Crippen molar-refractivity contribution in [3.05, 3.63) is 64.0 Å². The van der Waals surface area contributed by atoms with Gasteiger partial charge in [0.25, 0.3) is 0 Å². The smallest absolute Gasteiger partial charge is 0.433 e. The Labute approximate surface area is 118 Å². The van der Waals surface area contributed by atoms with Gasteiger partial charge in [-0.25, -0.2) is 4.79 Å². The van der Waals surface area contributed by atoms with Gasteiger partial charge in [-0.1, -0.05) is 18.2 Å². The summed E-state index contributed by atoms with van der Waals surface area (Å²) in [5, 5.41) is 20.4. The molecule has 0 radical (unpaired) electrons. The largest absolute Gasteiger partial charge is 0.478 e. The third kappa shape index (κ3) is 2.25. The fraction of sp³-hybridized carbons (Fsp3) is 0.0714. The van der Waals surface area contributed by atoms with Crippen LogP contribution in [0.2, 0.25) is 0 Å². The van der Waals surface area contributed by atoms with Gasteiger partial charge in [-0.05, 0) is 12.1 Å². The average molecular weight is 286 g/mol. The van der Waals surface area contributed by atoms with Crippen molar-refractivity contribution in [1.29, 1.82) is 0 Å². The minimum atomic E-state index is -1.02. The third-order valence-corrected chi connectivity index (χ3v) is 3.17. The van der Waals surface area contributed by atoms with Crippen molar-refractivity contribution < 1.29 is 19.2 Å². The lowest BCUT2D eigenvalue weighted by Crippen LogP contribution is -1.97. The summed E-state index contributed by atoms with van der Waals surface area (Å²) in [5.41, 5.74) is 0.917. The number of benzene rings is 1. The number of furan rings is 1. The summed E-state index contributed by atoms with van der Waals surface area (Å²) in [7, 11) is 0. The number of carboxylic acid groups (broad SMARTS) is 1. The van der Waals surface area contributed by atoms with Gasteiger partial charge in [0.1, 0.15) is 10.7 Å². The monoisotopic (exact) mass is 286 g/mol. The lowest BCUT2D eigenvalue weighted by atomic mass is 10.2. The minimum absolute atomic E-state index is 0.187. The van der Waals surface area contributed by atoms with Gasteiger partial charge in [-0.2, -0.15) is 0 Å². The van der Waals surface area contributed by atoms with E-state index in [4.69, 9.17) is 4.42 Å². The number of fused-ring (bicyclic) bond motifs is 1. The number of hydrogen-bond donors (Lipinski definition) is 1. The number of rotatable bonds is 4. The highest BCUT2D eigenvalue weighted by Gasteiger charge is 2.16. The zero-order valence-corrected chi connectivity index (χ0v) is 10.7. The molecule has 106 valence electrons. The molecule has 0 unspecified atom stereocenters. The second-order valence-corrected chi connectivity index (χ2v) is 4.49. The van der Waals surface area contributed by atoms with E-state index in [2.05, 4.69) is 0 Å². The quantitative estimate of drug-likeness (QED) is 0.587. The predicted octanol–water partition coefficient (Wildman–Crippen LogP) is 2.89. The van der Waals surface area contributed by atoms with E-state index in [1.165, 1.54) is 18.3 Å². The SMILES string of the molecule is O=C(O)c1cn(Cc2ccc([N+](=O)[O-])o2)c2ccccc12. The van der Waals surface area contributed by atoms with Crippen LogP contribution in [0.5, 0.6) is 0 Å². The summed E-state index contributed by atoms with van der Waals surface area (Å²) in [5.74, 6) is -0.963. The maximum Gasteiger partial charge on any atom is 0.433 e. The van der Waals surface area contributed by atoms with Crippen LogP contribution in [0.4, 0.5) is 5.88 Å². The molecule has 21 heavy (non-hydrogen) atoms. The Morgan fingerprint density at radius 2 is 2.05 bits per heavy atom. The van der Waals surface area contributed by atoms with Gasteiger partial charge >= 0.3 is 11.9 Å². The first-order chi connectivity index (χ1) is 10.1. The molecule has 0 amide bonds. The van der Waals surface area contributed by atoms with Gasteiger partial charge in [-0.3, -0.25) is 10.1 Å². The van der Waals surface area contributed by atoms with E-state index in [0.29, 0.717) is 11.1 Å². The number of hydrogen-bond acceptors (Lipinski definition) is 4. The van der Waals surface area contributed by atoms with Gasteiger partial charge in [0.15, 0.2) is 0 Å². The van der Waals surface area contributed by atoms with E-state index >= 15 is 0 Å². The van der Waals surface area contributed by atoms with Crippen molar-refractivity contribution >= 4 is 22.8 Å². The summed E-state index contributed by atoms with van der Waals surface area (Å²) in [6.07, 6.45) is 1.50. The third-order valence-electron chi connectivity index (χ3n) is 3.17. The number of carbonyl (C=O) groups is 1. The Bertz CT molecular complexity index is 846. The lowest BCUT2D eigenvalue weighted by Gasteiger charge is -2.01. The first-order valence-corrected chi connectivity index (χ1v) is 6.10. The van der Waals surface area contributed by atoms with E-state index in [1.807, 2.05) is 0 Å². The highest BCUT2D eigenvalue weighted by Crippen LogP contribution is 2.24. The Morgan fingerprint density at radius 1 is 1.29 bits per heavy atom. The summed E-state index contributed by atoms with van der Waals surface area (Å²) in [6, 6.07) is 9.86. The molecule has 0 aliphatic carbocycles. The Balaban J connectivity index is 2.04. The fourth-order valence-corrected chi connectivity index (χ4v) is 2.27. The molecular formula is C14H10N2O5. The molecule has 3 rings (SSSR count). The molecule has 0 aliphatic rings. The topological polar surface area (TPSA) is 98.5 Å². The number of nitrogens with zero attached hydrogens (tertiary/aromatic N) is 2. The first kappa shape index (κ1) is 12.9. The molecule has 0 saturated carbocycles. The van der Waals surface area contributed by atoms with Crippen LogP contribution in [0.3, 0.4) is 0 Å². The van der Waals surface area contributed by atoms with Crippen molar-refractivity contribution in [2.75, 3.05) is 0 Å². The average Bonchev–Trinajstić information content (AvgIpc) is 3.05. The van der Waals surface area contributed by atoms with Gasteiger partial charge in [-0.15, -0.1) is 0 Å². The van der Waals surface area contributed by atoms with E-state index in [0.717, 1.165) is 5.52 Å². The normalized spacial score (nSPS) is 10.9. The molecule has 1 aromatic carbocycles. The van der Waals surface area contributed by atoms with Crippen LogP contribution in [-0.2, 0) is 6.54 Å². The molecule has 0 fully saturated rings. The molecule has 2 heterocycles. The van der Waals surface area contributed by atoms with Crippen LogP contribution >= 0.6 is 0 Å². The standard InChI is InChI=1S/C14H10N2O5/c17-14(18)11-8-15(12-4-2-1-3-10(11)12)7-9-5-6-13(21-9)16(19)20/h1-6,8H,7H2,(H,17,18). The summed E-state index contributed by atoms with van der Waals surface area (Å²) in [6.45, 7) is 0.224. The number of carboxylic acids is 1. The van der Waals surface area contributed by atoms with Gasteiger partial charge < -0.3 is 14.1 Å². The van der Waals surface area contributed by atoms with E-state index in [-0.39, 0.29) is 18.0 Å². The van der Waals surface area contributed by atoms with Crippen molar-refractivity contribution in [2.24, 2.45) is 0 Å². The molecule has 0 aliphatic heterocycles. The Hall–Kier alpha value is -3.09. The Kier molecular flexibility index (Phi) is 2.94. The second kappa shape index (κ2) is 4.78. The van der Waals surface area contributed by atoms with Crippen molar-refractivity contribution in [2.45, 2.75) is 6.54 Å².